The lowest BCUT2D eigenvalue weighted by Gasteiger charge is -2.21. The zero-order valence-electron chi connectivity index (χ0n) is 30.9. The lowest BCUT2D eigenvalue weighted by atomic mass is 9.82. The van der Waals surface area contributed by atoms with Crippen LogP contribution < -0.4 is 4.74 Å². The van der Waals surface area contributed by atoms with Gasteiger partial charge in [0.1, 0.15) is 0 Å². The van der Waals surface area contributed by atoms with Crippen molar-refractivity contribution in [1.29, 1.82) is 0 Å². The van der Waals surface area contributed by atoms with Gasteiger partial charge in [0.15, 0.2) is 0 Å². The molecule has 6 aromatic carbocycles. The first-order valence-corrected chi connectivity index (χ1v) is 19.2. The molecule has 2 aromatic heterocycles. The first-order valence-electron chi connectivity index (χ1n) is 19.2. The Hall–Kier alpha value is -6.58. The average Bonchev–Trinajstić information content (AvgIpc) is 3.79. The topological polar surface area (TPSA) is 35.0 Å². The lowest BCUT2D eigenvalue weighted by Crippen LogP contribution is -2.21. The maximum Gasteiger partial charge on any atom is 0.229 e. The molecule has 10 rings (SSSR count). The molecule has 0 fully saturated rings. The summed E-state index contributed by atoms with van der Waals surface area (Å²) >= 11 is 0. The van der Waals surface area contributed by atoms with Crippen molar-refractivity contribution in [3.8, 4) is 67.7 Å². The van der Waals surface area contributed by atoms with Crippen LogP contribution in [-0.2, 0) is 25.7 Å². The van der Waals surface area contributed by atoms with Gasteiger partial charge in [0.25, 0.3) is 0 Å². The molecule has 0 atom stereocenters. The van der Waals surface area contributed by atoms with E-state index in [2.05, 4.69) is 146 Å². The largest absolute Gasteiger partial charge is 0.420 e. The molecule has 0 saturated carbocycles. The Morgan fingerprint density at radius 3 is 1.73 bits per heavy atom. The summed E-state index contributed by atoms with van der Waals surface area (Å²) in [6.45, 7) is 2.15. The van der Waals surface area contributed by atoms with E-state index in [4.69, 9.17) is 14.7 Å². The van der Waals surface area contributed by atoms with E-state index in [1.807, 2.05) is 36.4 Å². The predicted octanol–water partition coefficient (Wildman–Crippen LogP) is 12.8. The van der Waals surface area contributed by atoms with E-state index in [1.165, 1.54) is 57.3 Å². The summed E-state index contributed by atoms with van der Waals surface area (Å²) in [7, 11) is 0. The Balaban J connectivity index is 0.951. The van der Waals surface area contributed by atoms with Crippen LogP contribution in [0.4, 0.5) is 0 Å². The number of aromatic nitrogens is 2. The quantitative estimate of drug-likeness (QED) is 0.165. The molecule has 0 radical (unpaired) electrons. The third-order valence-electron chi connectivity index (χ3n) is 11.6. The zero-order valence-corrected chi connectivity index (χ0v) is 30.9. The second kappa shape index (κ2) is 13.7. The number of ether oxygens (including phenoxy) is 1. The average molecular weight is 709 g/mol. The summed E-state index contributed by atoms with van der Waals surface area (Å²) in [6.07, 6.45) is 4.67. The SMILES string of the molecule is Cc1cc(-c2ccccc2)ccc1-c1ccc(-c2ccccc2)nc1Oc1cccc(-c2cccc(-c3ccc4c(c3)CC3(Cc5ccccc5C3)C4)c2)n1. The highest BCUT2D eigenvalue weighted by atomic mass is 16.5. The van der Waals surface area contributed by atoms with Crippen molar-refractivity contribution < 1.29 is 4.74 Å². The molecule has 3 heteroatoms. The maximum atomic E-state index is 6.67. The molecule has 0 bridgehead atoms. The summed E-state index contributed by atoms with van der Waals surface area (Å²) in [4.78, 5) is 10.1. The molecule has 1 spiro atoms. The predicted molar refractivity (Wildman–Crippen MR) is 224 cm³/mol. The Kier molecular flexibility index (Phi) is 8.21. The zero-order chi connectivity index (χ0) is 36.8. The van der Waals surface area contributed by atoms with Crippen LogP contribution in [0.1, 0.15) is 27.8 Å². The number of aryl methyl sites for hydroxylation is 1. The number of fused-ring (bicyclic) bond motifs is 2. The van der Waals surface area contributed by atoms with Gasteiger partial charge in [-0.05, 0) is 118 Å². The maximum absolute atomic E-state index is 6.67. The fourth-order valence-corrected chi connectivity index (χ4v) is 8.89. The van der Waals surface area contributed by atoms with Crippen molar-refractivity contribution in [1.82, 2.24) is 9.97 Å². The minimum atomic E-state index is 0.330. The van der Waals surface area contributed by atoms with Gasteiger partial charge in [0.05, 0.1) is 11.4 Å². The van der Waals surface area contributed by atoms with Crippen molar-refractivity contribution >= 4 is 0 Å². The molecule has 264 valence electrons. The van der Waals surface area contributed by atoms with Gasteiger partial charge in [0.2, 0.25) is 11.8 Å². The molecule has 0 amide bonds. The van der Waals surface area contributed by atoms with Crippen LogP contribution in [0.3, 0.4) is 0 Å². The van der Waals surface area contributed by atoms with E-state index in [0.29, 0.717) is 17.2 Å². The second-order valence-electron chi connectivity index (χ2n) is 15.3. The molecular formula is C52H40N2O. The van der Waals surface area contributed by atoms with Crippen molar-refractivity contribution in [2.45, 2.75) is 32.6 Å². The van der Waals surface area contributed by atoms with Gasteiger partial charge in [-0.3, -0.25) is 0 Å². The first-order chi connectivity index (χ1) is 27.1. The Morgan fingerprint density at radius 1 is 0.400 bits per heavy atom. The van der Waals surface area contributed by atoms with Gasteiger partial charge in [0, 0.05) is 22.8 Å². The van der Waals surface area contributed by atoms with Crippen LogP contribution >= 0.6 is 0 Å². The molecule has 2 aliphatic rings. The highest BCUT2D eigenvalue weighted by Crippen LogP contribution is 2.48. The first kappa shape index (κ1) is 33.0. The Labute approximate surface area is 323 Å². The number of hydrogen-bond acceptors (Lipinski definition) is 3. The van der Waals surface area contributed by atoms with Gasteiger partial charge < -0.3 is 4.74 Å². The van der Waals surface area contributed by atoms with Gasteiger partial charge >= 0.3 is 0 Å². The van der Waals surface area contributed by atoms with Gasteiger partial charge in [-0.2, -0.15) is 0 Å². The monoisotopic (exact) mass is 708 g/mol. The number of rotatable bonds is 7. The highest BCUT2D eigenvalue weighted by molar-refractivity contribution is 5.78. The van der Waals surface area contributed by atoms with Gasteiger partial charge in [-0.15, -0.1) is 0 Å². The standard InChI is InChI=1S/C52H40N2O/c1-35-28-39(36-12-4-2-5-13-36)24-25-46(35)47-26-27-49(37-14-6-3-7-15-37)54-51(47)55-50-21-11-20-48(53-50)41-19-10-18-38(29-41)40-22-23-44-33-52(34-45(44)30-40)31-42-16-8-9-17-43(42)32-52/h2-30H,31-34H2,1H3. The van der Waals surface area contributed by atoms with E-state index >= 15 is 0 Å². The molecule has 0 saturated heterocycles. The molecule has 2 aliphatic carbocycles. The van der Waals surface area contributed by atoms with Crippen molar-refractivity contribution in [2.24, 2.45) is 5.41 Å². The molecule has 0 aliphatic heterocycles. The second-order valence-corrected chi connectivity index (χ2v) is 15.3. The fraction of sp³-hybridized carbons (Fsp3) is 0.115. The minimum Gasteiger partial charge on any atom is -0.420 e. The van der Waals surface area contributed by atoms with Crippen molar-refractivity contribution in [3.05, 3.63) is 204 Å². The van der Waals surface area contributed by atoms with Crippen LogP contribution in [0.2, 0.25) is 0 Å². The number of benzene rings is 6. The Bertz CT molecular complexity index is 2670. The van der Waals surface area contributed by atoms with Crippen LogP contribution in [0.5, 0.6) is 11.8 Å². The highest BCUT2D eigenvalue weighted by Gasteiger charge is 2.41. The number of nitrogens with zero attached hydrogens (tertiary/aromatic N) is 2. The summed E-state index contributed by atoms with van der Waals surface area (Å²) in [5.74, 6) is 1.03. The molecule has 55 heavy (non-hydrogen) atoms. The van der Waals surface area contributed by atoms with Crippen LogP contribution in [-0.4, -0.2) is 9.97 Å². The normalized spacial score (nSPS) is 13.8. The summed E-state index contributed by atoms with van der Waals surface area (Å²) in [5, 5.41) is 0. The van der Waals surface area contributed by atoms with Gasteiger partial charge in [-0.1, -0.05) is 146 Å². The minimum absolute atomic E-state index is 0.330. The third kappa shape index (κ3) is 6.42. The van der Waals surface area contributed by atoms with E-state index in [-0.39, 0.29) is 0 Å². The lowest BCUT2D eigenvalue weighted by molar-refractivity contribution is 0.326. The van der Waals surface area contributed by atoms with Crippen LogP contribution in [0.15, 0.2) is 176 Å². The molecular weight excluding hydrogens is 669 g/mol. The summed E-state index contributed by atoms with van der Waals surface area (Å²) in [6, 6.07) is 62.3. The number of pyridine rings is 2. The molecule has 8 aromatic rings. The van der Waals surface area contributed by atoms with Crippen molar-refractivity contribution in [3.63, 3.8) is 0 Å². The van der Waals surface area contributed by atoms with Crippen LogP contribution in [0.25, 0.3) is 55.9 Å². The molecule has 0 N–H and O–H groups in total. The third-order valence-corrected chi connectivity index (χ3v) is 11.6. The fourth-order valence-electron chi connectivity index (χ4n) is 8.89. The van der Waals surface area contributed by atoms with E-state index < -0.39 is 0 Å². The molecule has 2 heterocycles. The van der Waals surface area contributed by atoms with E-state index in [0.717, 1.165) is 52.0 Å². The Morgan fingerprint density at radius 2 is 0.964 bits per heavy atom. The molecule has 0 unspecified atom stereocenters. The van der Waals surface area contributed by atoms with Crippen molar-refractivity contribution in [2.75, 3.05) is 0 Å². The van der Waals surface area contributed by atoms with E-state index in [9.17, 15) is 0 Å². The van der Waals surface area contributed by atoms with E-state index in [1.54, 1.807) is 0 Å². The summed E-state index contributed by atoms with van der Waals surface area (Å²) < 4.78 is 6.67. The van der Waals surface area contributed by atoms with Crippen LogP contribution in [0, 0.1) is 12.3 Å². The van der Waals surface area contributed by atoms with Gasteiger partial charge in [-0.25, -0.2) is 9.97 Å². The number of hydrogen-bond donors (Lipinski definition) is 0. The molecule has 3 nitrogen and oxygen atoms in total. The smallest absolute Gasteiger partial charge is 0.229 e. The summed E-state index contributed by atoms with van der Waals surface area (Å²) in [5.41, 5.74) is 18.1.